The summed E-state index contributed by atoms with van der Waals surface area (Å²) in [5.74, 6) is 1.14. The summed E-state index contributed by atoms with van der Waals surface area (Å²) in [4.78, 5) is 29.6. The predicted octanol–water partition coefficient (Wildman–Crippen LogP) is 3.76. The molecule has 1 amide bonds. The molecule has 166 valence electrons. The second kappa shape index (κ2) is 9.23. The van der Waals surface area contributed by atoms with E-state index in [1.165, 1.54) is 12.1 Å². The van der Waals surface area contributed by atoms with Gasteiger partial charge < -0.3 is 9.73 Å². The summed E-state index contributed by atoms with van der Waals surface area (Å²) >= 11 is 0. The number of benzene rings is 1. The van der Waals surface area contributed by atoms with Crippen molar-refractivity contribution < 1.29 is 14.1 Å². The van der Waals surface area contributed by atoms with Crippen LogP contribution in [0.2, 0.25) is 0 Å². The quantitative estimate of drug-likeness (QED) is 0.457. The Hall–Kier alpha value is -3.66. The fourth-order valence-electron chi connectivity index (χ4n) is 3.81. The summed E-state index contributed by atoms with van der Waals surface area (Å²) in [6, 6.07) is 9.56. The number of carbonyl (C=O) groups excluding carboxylic acids is 1. The summed E-state index contributed by atoms with van der Waals surface area (Å²) < 4.78 is 5.85. The molecule has 2 aromatic heterocycles. The molecule has 1 N–H and O–H groups in total. The normalized spacial score (nSPS) is 17.6. The highest BCUT2D eigenvalue weighted by Gasteiger charge is 2.31. The molecule has 1 saturated heterocycles. The first-order chi connectivity index (χ1) is 15.4. The Kier molecular flexibility index (Phi) is 6.22. The minimum absolute atomic E-state index is 0.000360. The number of anilines is 1. The number of rotatable bonds is 6. The van der Waals surface area contributed by atoms with E-state index in [-0.39, 0.29) is 23.6 Å². The molecule has 4 rings (SSSR count). The van der Waals surface area contributed by atoms with Gasteiger partial charge in [0.15, 0.2) is 0 Å². The smallest absolute Gasteiger partial charge is 0.269 e. The third-order valence-corrected chi connectivity index (χ3v) is 5.75. The largest absolute Gasteiger partial charge is 0.419 e. The molecule has 0 aliphatic carbocycles. The van der Waals surface area contributed by atoms with Gasteiger partial charge in [-0.05, 0) is 57.0 Å². The second-order valence-corrected chi connectivity index (χ2v) is 7.92. The first-order valence-electron chi connectivity index (χ1n) is 10.5. The van der Waals surface area contributed by atoms with E-state index >= 15 is 0 Å². The number of aromatic nitrogens is 3. The summed E-state index contributed by atoms with van der Waals surface area (Å²) in [7, 11) is 0. The molecule has 2 atom stereocenters. The van der Waals surface area contributed by atoms with Crippen LogP contribution in [-0.4, -0.2) is 44.0 Å². The van der Waals surface area contributed by atoms with Crippen LogP contribution >= 0.6 is 0 Å². The Labute approximate surface area is 184 Å². The van der Waals surface area contributed by atoms with E-state index in [0.29, 0.717) is 29.7 Å². The average molecular weight is 436 g/mol. The lowest BCUT2D eigenvalue weighted by molar-refractivity contribution is -0.384. The Morgan fingerprint density at radius 2 is 2.06 bits per heavy atom. The van der Waals surface area contributed by atoms with Crippen molar-refractivity contribution in [2.24, 2.45) is 5.92 Å². The zero-order chi connectivity index (χ0) is 22.7. The van der Waals surface area contributed by atoms with Crippen LogP contribution in [0.15, 0.2) is 47.0 Å². The molecule has 1 aromatic carbocycles. The van der Waals surface area contributed by atoms with Gasteiger partial charge in [-0.2, -0.15) is 0 Å². The Balaban J connectivity index is 1.42. The minimum Gasteiger partial charge on any atom is -0.419 e. The van der Waals surface area contributed by atoms with Gasteiger partial charge in [0.05, 0.1) is 16.9 Å². The lowest BCUT2D eigenvalue weighted by atomic mass is 9.96. The van der Waals surface area contributed by atoms with Crippen LogP contribution in [-0.2, 0) is 4.79 Å². The van der Waals surface area contributed by atoms with Gasteiger partial charge in [-0.15, -0.1) is 10.2 Å². The standard InChI is InChI=1S/C22H24N6O4/c1-14-5-3-11-23-19(14)24-20(29)17-6-4-12-27(13-17)15(2)21-25-26-22(32-21)16-7-9-18(10-8-16)28(30)31/h3,5,7-11,15,17H,4,6,12-13H2,1-2H3,(H,23,24,29)/t15-,17+/m0/s1. The molecule has 3 heterocycles. The van der Waals surface area contributed by atoms with E-state index in [9.17, 15) is 14.9 Å². The van der Waals surface area contributed by atoms with E-state index in [0.717, 1.165) is 24.9 Å². The van der Waals surface area contributed by atoms with Crippen molar-refractivity contribution in [3.05, 3.63) is 64.2 Å². The number of carbonyl (C=O) groups is 1. The molecule has 1 aliphatic rings. The first kappa shape index (κ1) is 21.6. The molecule has 0 radical (unpaired) electrons. The number of pyridine rings is 1. The zero-order valence-electron chi connectivity index (χ0n) is 17.9. The highest BCUT2D eigenvalue weighted by molar-refractivity contribution is 5.92. The fourth-order valence-corrected chi connectivity index (χ4v) is 3.81. The van der Waals surface area contributed by atoms with Gasteiger partial charge in [-0.1, -0.05) is 6.07 Å². The van der Waals surface area contributed by atoms with Crippen LogP contribution in [0.1, 0.15) is 37.3 Å². The first-order valence-corrected chi connectivity index (χ1v) is 10.5. The van der Waals surface area contributed by atoms with Crippen LogP contribution < -0.4 is 5.32 Å². The number of nitrogens with zero attached hydrogens (tertiary/aromatic N) is 5. The van der Waals surface area contributed by atoms with Gasteiger partial charge >= 0.3 is 0 Å². The van der Waals surface area contributed by atoms with Crippen molar-refractivity contribution in [3.8, 4) is 11.5 Å². The Morgan fingerprint density at radius 3 is 2.78 bits per heavy atom. The third kappa shape index (κ3) is 4.65. The molecule has 3 aromatic rings. The number of hydrogen-bond donors (Lipinski definition) is 1. The van der Waals surface area contributed by atoms with E-state index in [4.69, 9.17) is 4.42 Å². The van der Waals surface area contributed by atoms with Gasteiger partial charge in [0.1, 0.15) is 5.82 Å². The van der Waals surface area contributed by atoms with E-state index < -0.39 is 4.92 Å². The summed E-state index contributed by atoms with van der Waals surface area (Å²) in [6.07, 6.45) is 3.35. The second-order valence-electron chi connectivity index (χ2n) is 7.92. The Morgan fingerprint density at radius 1 is 1.28 bits per heavy atom. The summed E-state index contributed by atoms with van der Waals surface area (Å²) in [5.41, 5.74) is 1.54. The fraction of sp³-hybridized carbons (Fsp3) is 0.364. The summed E-state index contributed by atoms with van der Waals surface area (Å²) in [6.45, 7) is 5.28. The van der Waals surface area contributed by atoms with Crippen molar-refractivity contribution in [2.75, 3.05) is 18.4 Å². The number of piperidine rings is 1. The molecule has 0 saturated carbocycles. The minimum atomic E-state index is -0.455. The number of nitro groups is 1. The van der Waals surface area contributed by atoms with Gasteiger partial charge in [-0.25, -0.2) is 4.98 Å². The Bertz CT molecular complexity index is 1110. The molecular weight excluding hydrogens is 412 g/mol. The topological polar surface area (TPSA) is 127 Å². The maximum atomic E-state index is 12.8. The number of likely N-dealkylation sites (tertiary alicyclic amines) is 1. The average Bonchev–Trinajstić information content (AvgIpc) is 3.30. The van der Waals surface area contributed by atoms with Gasteiger partial charge in [0, 0.05) is 30.4 Å². The SMILES string of the molecule is Cc1cccnc1NC(=O)[C@@H]1CCCN([C@@H](C)c2nnc(-c3ccc([N+](=O)[O-])cc3)o2)C1. The third-order valence-electron chi connectivity index (χ3n) is 5.75. The van der Waals surface area contributed by atoms with E-state index in [1.54, 1.807) is 18.3 Å². The molecular formula is C22H24N6O4. The van der Waals surface area contributed by atoms with Gasteiger partial charge in [-0.3, -0.25) is 19.8 Å². The van der Waals surface area contributed by atoms with Crippen LogP contribution in [0.4, 0.5) is 11.5 Å². The van der Waals surface area contributed by atoms with Crippen molar-refractivity contribution in [3.63, 3.8) is 0 Å². The van der Waals surface area contributed by atoms with Gasteiger partial charge in [0.25, 0.3) is 5.69 Å². The number of hydrogen-bond acceptors (Lipinski definition) is 8. The van der Waals surface area contributed by atoms with Crippen molar-refractivity contribution in [2.45, 2.75) is 32.7 Å². The molecule has 1 fully saturated rings. The number of non-ortho nitro benzene ring substituents is 1. The molecule has 10 heteroatoms. The molecule has 0 spiro atoms. The van der Waals surface area contributed by atoms with Crippen LogP contribution in [0, 0.1) is 23.0 Å². The number of aryl methyl sites for hydroxylation is 1. The van der Waals surface area contributed by atoms with Crippen LogP contribution in [0.3, 0.4) is 0 Å². The van der Waals surface area contributed by atoms with Crippen molar-refractivity contribution in [1.82, 2.24) is 20.1 Å². The molecule has 10 nitrogen and oxygen atoms in total. The van der Waals surface area contributed by atoms with Crippen LogP contribution in [0.25, 0.3) is 11.5 Å². The number of nitrogens with one attached hydrogen (secondary N) is 1. The highest BCUT2D eigenvalue weighted by Crippen LogP contribution is 2.29. The lowest BCUT2D eigenvalue weighted by Crippen LogP contribution is -2.42. The molecule has 0 unspecified atom stereocenters. The maximum absolute atomic E-state index is 12.8. The van der Waals surface area contributed by atoms with E-state index in [1.807, 2.05) is 26.0 Å². The van der Waals surface area contributed by atoms with Crippen LogP contribution in [0.5, 0.6) is 0 Å². The molecule has 1 aliphatic heterocycles. The number of nitro benzene ring substituents is 1. The monoisotopic (exact) mass is 436 g/mol. The summed E-state index contributed by atoms with van der Waals surface area (Å²) in [5, 5.41) is 22.0. The highest BCUT2D eigenvalue weighted by atomic mass is 16.6. The van der Waals surface area contributed by atoms with Crippen molar-refractivity contribution >= 4 is 17.4 Å². The predicted molar refractivity (Wildman–Crippen MR) is 117 cm³/mol. The zero-order valence-corrected chi connectivity index (χ0v) is 17.9. The maximum Gasteiger partial charge on any atom is 0.269 e. The molecule has 0 bridgehead atoms. The lowest BCUT2D eigenvalue weighted by Gasteiger charge is -2.34. The van der Waals surface area contributed by atoms with Gasteiger partial charge in [0.2, 0.25) is 17.7 Å². The van der Waals surface area contributed by atoms with E-state index in [2.05, 4.69) is 25.4 Å². The molecule has 32 heavy (non-hydrogen) atoms. The van der Waals surface area contributed by atoms with Crippen molar-refractivity contribution in [1.29, 1.82) is 0 Å². The number of amides is 1.